The minimum atomic E-state index is -0.587. The Kier molecular flexibility index (Phi) is 10.8. The molecule has 260 valence electrons. The van der Waals surface area contributed by atoms with Crippen molar-refractivity contribution in [2.24, 2.45) is 0 Å². The van der Waals surface area contributed by atoms with E-state index in [0.29, 0.717) is 55.2 Å². The van der Waals surface area contributed by atoms with E-state index in [1.54, 1.807) is 34.3 Å². The van der Waals surface area contributed by atoms with Crippen molar-refractivity contribution < 1.29 is 19.2 Å². The van der Waals surface area contributed by atoms with E-state index >= 15 is 4.39 Å². The lowest BCUT2D eigenvalue weighted by Gasteiger charge is -2.36. The van der Waals surface area contributed by atoms with E-state index in [9.17, 15) is 14.4 Å². The molecule has 50 heavy (non-hydrogen) atoms. The number of carbonyl (C=O) groups is 2. The minimum Gasteiger partial charge on any atom is -0.367 e. The zero-order valence-electron chi connectivity index (χ0n) is 28.4. The number of piperazine rings is 1. The van der Waals surface area contributed by atoms with Gasteiger partial charge in [0, 0.05) is 57.5 Å². The molecule has 11 nitrogen and oxygen atoms in total. The summed E-state index contributed by atoms with van der Waals surface area (Å²) in [6.07, 6.45) is 6.39. The molecule has 1 saturated heterocycles. The predicted octanol–water partition coefficient (Wildman–Crippen LogP) is 4.00. The highest BCUT2D eigenvalue weighted by molar-refractivity contribution is 5.94. The van der Waals surface area contributed by atoms with Gasteiger partial charge in [0.2, 0.25) is 0 Å². The Hall–Kier alpha value is -5.17. The Morgan fingerprint density at radius 2 is 1.70 bits per heavy atom. The van der Waals surface area contributed by atoms with E-state index in [2.05, 4.69) is 15.1 Å². The molecule has 3 N–H and O–H groups in total. The summed E-state index contributed by atoms with van der Waals surface area (Å²) < 4.78 is 17.1. The molecule has 0 atom stereocenters. The molecule has 3 heterocycles. The second-order valence-corrected chi connectivity index (χ2v) is 13.0. The van der Waals surface area contributed by atoms with E-state index in [-0.39, 0.29) is 16.9 Å². The molecule has 1 fully saturated rings. The van der Waals surface area contributed by atoms with E-state index in [0.717, 1.165) is 54.9 Å². The maximum Gasteiger partial charge on any atom is 0.267 e. The van der Waals surface area contributed by atoms with Crippen LogP contribution in [0.3, 0.4) is 0 Å². The summed E-state index contributed by atoms with van der Waals surface area (Å²) in [6.45, 7) is 5.45. The largest absolute Gasteiger partial charge is 0.367 e. The number of nitrogens with zero attached hydrogens (tertiary/aromatic N) is 5. The van der Waals surface area contributed by atoms with Crippen molar-refractivity contribution in [3.8, 4) is 0 Å². The van der Waals surface area contributed by atoms with E-state index in [1.807, 2.05) is 61.5 Å². The molecule has 3 aromatic carbocycles. The van der Waals surface area contributed by atoms with Gasteiger partial charge in [-0.15, -0.1) is 0 Å². The van der Waals surface area contributed by atoms with Gasteiger partial charge in [0.25, 0.3) is 17.4 Å². The number of aromatic nitrogens is 2. The molecule has 6 rings (SSSR count). The SMILES string of the molecule is CN(C)CCCNC(=O)c1ccc(/C=C2\CCn3c2nc2cc(N4CCN(Cc5ccc(/C=C/C(=O)NO)cc5)CC4)c(F)cc2c3=O)cc1. The first kappa shape index (κ1) is 34.7. The van der Waals surface area contributed by atoms with Gasteiger partial charge in [0.05, 0.1) is 16.6 Å². The number of carbonyl (C=O) groups excluding carboxylic acids is 2. The molecule has 2 amide bonds. The fourth-order valence-corrected chi connectivity index (χ4v) is 6.39. The van der Waals surface area contributed by atoms with Crippen molar-refractivity contribution >= 4 is 46.1 Å². The van der Waals surface area contributed by atoms with Crippen LogP contribution in [-0.2, 0) is 17.9 Å². The Labute approximate surface area is 290 Å². The van der Waals surface area contributed by atoms with Gasteiger partial charge in [0.15, 0.2) is 0 Å². The summed E-state index contributed by atoms with van der Waals surface area (Å²) >= 11 is 0. The van der Waals surface area contributed by atoms with Crippen molar-refractivity contribution in [3.63, 3.8) is 0 Å². The maximum absolute atomic E-state index is 15.5. The quantitative estimate of drug-likeness (QED) is 0.0942. The van der Waals surface area contributed by atoms with Crippen LogP contribution in [0.5, 0.6) is 0 Å². The van der Waals surface area contributed by atoms with Gasteiger partial charge in [0.1, 0.15) is 11.6 Å². The topological polar surface area (TPSA) is 123 Å². The summed E-state index contributed by atoms with van der Waals surface area (Å²) in [7, 11) is 4.01. The normalized spacial score (nSPS) is 15.7. The van der Waals surface area contributed by atoms with Crippen LogP contribution in [0, 0.1) is 5.82 Å². The van der Waals surface area contributed by atoms with Gasteiger partial charge < -0.3 is 15.1 Å². The lowest BCUT2D eigenvalue weighted by molar-refractivity contribution is -0.124. The summed E-state index contributed by atoms with van der Waals surface area (Å²) in [6, 6.07) is 18.2. The van der Waals surface area contributed by atoms with Crippen molar-refractivity contribution in [1.29, 1.82) is 0 Å². The van der Waals surface area contributed by atoms with Gasteiger partial charge in [-0.25, -0.2) is 14.9 Å². The van der Waals surface area contributed by atoms with Crippen LogP contribution in [0.4, 0.5) is 10.1 Å². The number of nitrogens with one attached hydrogen (secondary N) is 2. The number of anilines is 1. The lowest BCUT2D eigenvalue weighted by atomic mass is 10.1. The van der Waals surface area contributed by atoms with Crippen molar-refractivity contribution in [3.05, 3.63) is 111 Å². The average molecular weight is 680 g/mol. The van der Waals surface area contributed by atoms with Gasteiger partial charge in [-0.05, 0) is 92.2 Å². The highest BCUT2D eigenvalue weighted by Gasteiger charge is 2.25. The molecule has 1 aromatic heterocycles. The first-order valence-electron chi connectivity index (χ1n) is 16.8. The van der Waals surface area contributed by atoms with Crippen LogP contribution in [0.2, 0.25) is 0 Å². The summed E-state index contributed by atoms with van der Waals surface area (Å²) in [4.78, 5) is 48.5. The summed E-state index contributed by atoms with van der Waals surface area (Å²) in [5.41, 5.74) is 6.62. The Morgan fingerprint density at radius 1 is 0.980 bits per heavy atom. The highest BCUT2D eigenvalue weighted by Crippen LogP contribution is 2.30. The first-order valence-corrected chi connectivity index (χ1v) is 16.8. The number of amides is 2. The fourth-order valence-electron chi connectivity index (χ4n) is 6.39. The van der Waals surface area contributed by atoms with Crippen molar-refractivity contribution in [1.82, 2.24) is 30.1 Å². The fraction of sp³-hybridized carbons (Fsp3) is 0.316. The smallest absolute Gasteiger partial charge is 0.267 e. The standard InChI is InChI=1S/C38H42FN7O4/c1-43(2)16-3-15-40-37(48)29-11-8-27(9-12-29)22-30-14-17-46-36(30)41-33-24-34(32(39)23-31(33)38(46)49)45-20-18-44(19-21-45)25-28-6-4-26(5-7-28)10-13-35(47)42-50/h4-13,22-24,50H,3,14-21,25H2,1-2H3,(H,40,48)(H,42,47)/b13-10+,30-22+. The Bertz CT molecular complexity index is 1980. The molecular formula is C38H42FN7O4. The van der Waals surface area contributed by atoms with Crippen molar-refractivity contribution in [2.45, 2.75) is 25.9 Å². The van der Waals surface area contributed by atoms with Gasteiger partial charge in [-0.1, -0.05) is 36.4 Å². The average Bonchev–Trinajstić information content (AvgIpc) is 3.52. The molecule has 2 aliphatic heterocycles. The van der Waals surface area contributed by atoms with Crippen LogP contribution < -0.4 is 21.3 Å². The molecule has 0 aliphatic carbocycles. The second-order valence-electron chi connectivity index (χ2n) is 13.0. The zero-order valence-corrected chi connectivity index (χ0v) is 28.4. The van der Waals surface area contributed by atoms with Gasteiger partial charge >= 0.3 is 0 Å². The molecule has 0 radical (unpaired) electrons. The molecule has 4 aromatic rings. The van der Waals surface area contributed by atoms with Gasteiger partial charge in [-0.2, -0.15) is 0 Å². The Balaban J connectivity index is 1.12. The monoisotopic (exact) mass is 679 g/mol. The number of halogens is 1. The molecule has 2 aliphatic rings. The van der Waals surface area contributed by atoms with Crippen LogP contribution in [0.15, 0.2) is 71.5 Å². The number of hydrogen-bond acceptors (Lipinski definition) is 8. The number of hydroxylamine groups is 1. The van der Waals surface area contributed by atoms with Crippen LogP contribution >= 0.6 is 0 Å². The number of benzene rings is 3. The van der Waals surface area contributed by atoms with Crippen molar-refractivity contribution in [2.75, 3.05) is 58.3 Å². The summed E-state index contributed by atoms with van der Waals surface area (Å²) in [5.74, 6) is -0.535. The first-order chi connectivity index (χ1) is 24.2. The zero-order chi connectivity index (χ0) is 35.2. The van der Waals surface area contributed by atoms with Gasteiger partial charge in [-0.3, -0.25) is 29.1 Å². The number of fused-ring (bicyclic) bond motifs is 2. The molecule has 0 unspecified atom stereocenters. The maximum atomic E-state index is 15.5. The molecular weight excluding hydrogens is 637 g/mol. The minimum absolute atomic E-state index is 0.105. The van der Waals surface area contributed by atoms with E-state index in [4.69, 9.17) is 10.2 Å². The third-order valence-electron chi connectivity index (χ3n) is 9.13. The van der Waals surface area contributed by atoms with E-state index in [1.165, 1.54) is 12.1 Å². The third kappa shape index (κ3) is 8.16. The Morgan fingerprint density at radius 3 is 2.40 bits per heavy atom. The number of allylic oxidation sites excluding steroid dienone is 1. The third-order valence-corrected chi connectivity index (χ3v) is 9.13. The van der Waals surface area contributed by atoms with E-state index < -0.39 is 11.7 Å². The van der Waals surface area contributed by atoms with Crippen LogP contribution in [0.25, 0.3) is 28.6 Å². The lowest BCUT2D eigenvalue weighted by Crippen LogP contribution is -2.46. The summed E-state index contributed by atoms with van der Waals surface area (Å²) in [5, 5.41) is 11.9. The molecule has 0 bridgehead atoms. The number of hydrogen-bond donors (Lipinski definition) is 3. The highest BCUT2D eigenvalue weighted by atomic mass is 19.1. The molecule has 0 spiro atoms. The van der Waals surface area contributed by atoms with Crippen LogP contribution in [0.1, 0.15) is 45.7 Å². The second kappa shape index (κ2) is 15.6. The van der Waals surface area contributed by atoms with Crippen LogP contribution in [-0.4, -0.2) is 89.7 Å². The number of rotatable bonds is 11. The molecule has 12 heteroatoms. The predicted molar refractivity (Wildman–Crippen MR) is 193 cm³/mol. The molecule has 0 saturated carbocycles.